The molecule has 0 aliphatic heterocycles. The predicted octanol–water partition coefficient (Wildman–Crippen LogP) is 4.10. The van der Waals surface area contributed by atoms with Crippen LogP contribution in [0.25, 0.3) is 5.69 Å². The van der Waals surface area contributed by atoms with Crippen molar-refractivity contribution in [3.05, 3.63) is 82.9 Å². The minimum absolute atomic E-state index is 0.0470. The molecule has 1 amide bonds. The Kier molecular flexibility index (Phi) is 5.89. The van der Waals surface area contributed by atoms with Gasteiger partial charge in [0.15, 0.2) is 0 Å². The maximum atomic E-state index is 12.9. The molecule has 6 heteroatoms. The molecule has 2 N–H and O–H groups in total. The van der Waals surface area contributed by atoms with E-state index in [9.17, 15) is 9.18 Å². The van der Waals surface area contributed by atoms with Crippen molar-refractivity contribution in [2.45, 2.75) is 20.8 Å². The first-order chi connectivity index (χ1) is 13.4. The molecule has 0 atom stereocenters. The van der Waals surface area contributed by atoms with Gasteiger partial charge in [0.05, 0.1) is 12.8 Å². The number of carbonyl (C=O) groups is 1. The summed E-state index contributed by atoms with van der Waals surface area (Å²) in [5.74, 6) is -0.601. The van der Waals surface area contributed by atoms with Crippen molar-refractivity contribution in [1.82, 2.24) is 9.99 Å². The zero-order chi connectivity index (χ0) is 20.1. The molecule has 0 unspecified atom stereocenters. The maximum Gasteiger partial charge on any atom is 0.259 e. The quantitative estimate of drug-likeness (QED) is 0.501. The van der Waals surface area contributed by atoms with Crippen LogP contribution in [0.15, 0.2) is 59.7 Å². The molecule has 28 heavy (non-hydrogen) atoms. The number of nitrogens with one attached hydrogen (secondary N) is 2. The van der Waals surface area contributed by atoms with Gasteiger partial charge in [-0.1, -0.05) is 17.7 Å². The molecule has 0 aliphatic carbocycles. The highest BCUT2D eigenvalue weighted by Crippen LogP contribution is 2.20. The Bertz CT molecular complexity index is 989. The Labute approximate surface area is 163 Å². The smallest absolute Gasteiger partial charge is 0.259 e. The first-order valence-corrected chi connectivity index (χ1v) is 9.01. The average molecular weight is 378 g/mol. The van der Waals surface area contributed by atoms with E-state index in [0.717, 1.165) is 22.6 Å². The normalized spacial score (nSPS) is 11.0. The largest absolute Gasteiger partial charge is 0.376 e. The number of carbonyl (C=O) groups excluding carboxylic acids is 1. The molecule has 0 bridgehead atoms. The molecular weight excluding hydrogens is 355 g/mol. The summed E-state index contributed by atoms with van der Waals surface area (Å²) in [6, 6.07) is 16.2. The van der Waals surface area contributed by atoms with E-state index in [4.69, 9.17) is 0 Å². The molecule has 144 valence electrons. The van der Waals surface area contributed by atoms with Crippen molar-refractivity contribution < 1.29 is 9.18 Å². The van der Waals surface area contributed by atoms with Crippen LogP contribution in [0.4, 0.5) is 10.1 Å². The number of nitrogens with zero attached hydrogens (tertiary/aromatic N) is 2. The van der Waals surface area contributed by atoms with Crippen LogP contribution in [0.3, 0.4) is 0 Å². The van der Waals surface area contributed by atoms with Gasteiger partial charge in [0, 0.05) is 28.3 Å². The predicted molar refractivity (Wildman–Crippen MR) is 111 cm³/mol. The average Bonchev–Trinajstić information content (AvgIpc) is 2.96. The van der Waals surface area contributed by atoms with Crippen LogP contribution < -0.4 is 10.7 Å². The summed E-state index contributed by atoms with van der Waals surface area (Å²) in [5.41, 5.74) is 8.54. The topological polar surface area (TPSA) is 58.4 Å². The van der Waals surface area contributed by atoms with Gasteiger partial charge in [-0.15, -0.1) is 0 Å². The molecular formula is C22H23FN4O. The number of aryl methyl sites for hydroxylation is 2. The number of benzene rings is 2. The maximum absolute atomic E-state index is 12.9. The molecule has 0 aliphatic rings. The third-order valence-electron chi connectivity index (χ3n) is 4.45. The van der Waals surface area contributed by atoms with E-state index in [1.807, 2.05) is 19.9 Å². The van der Waals surface area contributed by atoms with Gasteiger partial charge < -0.3 is 9.88 Å². The van der Waals surface area contributed by atoms with E-state index < -0.39 is 0 Å². The Morgan fingerprint density at radius 1 is 1.07 bits per heavy atom. The molecule has 0 radical (unpaired) electrons. The fourth-order valence-electron chi connectivity index (χ4n) is 2.97. The highest BCUT2D eigenvalue weighted by molar-refractivity contribution is 5.85. The molecule has 0 fully saturated rings. The van der Waals surface area contributed by atoms with Gasteiger partial charge in [-0.2, -0.15) is 5.10 Å². The summed E-state index contributed by atoms with van der Waals surface area (Å²) in [6.45, 7) is 6.16. The zero-order valence-corrected chi connectivity index (χ0v) is 16.2. The molecule has 3 rings (SSSR count). The standard InChI is InChI=1S/C22H23FN4O/c1-15-4-10-21(11-5-15)27-16(2)12-18(17(27)3)13-25-26-22(28)14-24-20-8-6-19(23)7-9-20/h4-13,24H,14H2,1-3H3,(H,26,28)/b25-13-. The van der Waals surface area contributed by atoms with Gasteiger partial charge in [0.1, 0.15) is 5.82 Å². The highest BCUT2D eigenvalue weighted by Gasteiger charge is 2.09. The first kappa shape index (κ1) is 19.4. The number of hydrazone groups is 1. The van der Waals surface area contributed by atoms with Gasteiger partial charge in [-0.05, 0) is 63.2 Å². The number of amides is 1. The number of anilines is 1. The second-order valence-corrected chi connectivity index (χ2v) is 6.65. The summed E-state index contributed by atoms with van der Waals surface area (Å²) in [7, 11) is 0. The zero-order valence-electron chi connectivity index (χ0n) is 16.2. The van der Waals surface area contributed by atoms with Crippen molar-refractivity contribution in [3.63, 3.8) is 0 Å². The minimum Gasteiger partial charge on any atom is -0.376 e. The lowest BCUT2D eigenvalue weighted by molar-refractivity contribution is -0.119. The Hall–Kier alpha value is -3.41. The highest BCUT2D eigenvalue weighted by atomic mass is 19.1. The second-order valence-electron chi connectivity index (χ2n) is 6.65. The number of rotatable bonds is 6. The monoisotopic (exact) mass is 378 g/mol. The molecule has 1 aromatic heterocycles. The number of hydrogen-bond donors (Lipinski definition) is 2. The lowest BCUT2D eigenvalue weighted by atomic mass is 10.2. The van der Waals surface area contributed by atoms with Crippen LogP contribution >= 0.6 is 0 Å². The molecule has 3 aromatic rings. The van der Waals surface area contributed by atoms with E-state index >= 15 is 0 Å². The summed E-state index contributed by atoms with van der Waals surface area (Å²) in [6.07, 6.45) is 1.64. The summed E-state index contributed by atoms with van der Waals surface area (Å²) in [4.78, 5) is 11.9. The van der Waals surface area contributed by atoms with Crippen LogP contribution in [-0.4, -0.2) is 23.2 Å². The molecule has 1 heterocycles. The molecule has 5 nitrogen and oxygen atoms in total. The Morgan fingerprint density at radius 2 is 1.75 bits per heavy atom. The van der Waals surface area contributed by atoms with E-state index in [1.54, 1.807) is 18.3 Å². The Morgan fingerprint density at radius 3 is 2.43 bits per heavy atom. The first-order valence-electron chi connectivity index (χ1n) is 9.01. The number of aromatic nitrogens is 1. The molecule has 0 spiro atoms. The van der Waals surface area contributed by atoms with Crippen LogP contribution in [0.2, 0.25) is 0 Å². The van der Waals surface area contributed by atoms with Crippen LogP contribution in [0.5, 0.6) is 0 Å². The van der Waals surface area contributed by atoms with Crippen molar-refractivity contribution in [1.29, 1.82) is 0 Å². The second kappa shape index (κ2) is 8.52. The SMILES string of the molecule is Cc1ccc(-n2c(C)cc(/C=N\NC(=O)CNc3ccc(F)cc3)c2C)cc1. The third-order valence-corrected chi connectivity index (χ3v) is 4.45. The van der Waals surface area contributed by atoms with E-state index in [0.29, 0.717) is 5.69 Å². The van der Waals surface area contributed by atoms with Gasteiger partial charge in [0.25, 0.3) is 5.91 Å². The lowest BCUT2D eigenvalue weighted by Gasteiger charge is -2.09. The van der Waals surface area contributed by atoms with Crippen LogP contribution in [0, 0.1) is 26.6 Å². The minimum atomic E-state index is -0.317. The van der Waals surface area contributed by atoms with Crippen LogP contribution in [0.1, 0.15) is 22.5 Å². The number of halogens is 1. The van der Waals surface area contributed by atoms with Gasteiger partial charge in [0.2, 0.25) is 0 Å². The third kappa shape index (κ3) is 4.65. The van der Waals surface area contributed by atoms with Crippen molar-refractivity contribution in [3.8, 4) is 5.69 Å². The van der Waals surface area contributed by atoms with Gasteiger partial charge >= 0.3 is 0 Å². The fraction of sp³-hybridized carbons (Fsp3) is 0.182. The molecule has 2 aromatic carbocycles. The summed E-state index contributed by atoms with van der Waals surface area (Å²) in [5, 5.41) is 6.97. The summed E-state index contributed by atoms with van der Waals surface area (Å²) >= 11 is 0. The van der Waals surface area contributed by atoms with Crippen molar-refractivity contribution >= 4 is 17.8 Å². The van der Waals surface area contributed by atoms with Gasteiger partial charge in [-0.3, -0.25) is 4.79 Å². The van der Waals surface area contributed by atoms with E-state index in [-0.39, 0.29) is 18.3 Å². The Balaban J connectivity index is 1.61. The van der Waals surface area contributed by atoms with E-state index in [2.05, 4.69) is 51.6 Å². The van der Waals surface area contributed by atoms with Crippen molar-refractivity contribution in [2.75, 3.05) is 11.9 Å². The van der Waals surface area contributed by atoms with Crippen LogP contribution in [-0.2, 0) is 4.79 Å². The molecule has 0 saturated carbocycles. The van der Waals surface area contributed by atoms with E-state index in [1.165, 1.54) is 17.7 Å². The lowest BCUT2D eigenvalue weighted by Crippen LogP contribution is -2.25. The number of hydrogen-bond acceptors (Lipinski definition) is 3. The van der Waals surface area contributed by atoms with Crippen molar-refractivity contribution in [2.24, 2.45) is 5.10 Å². The molecule has 0 saturated heterocycles. The van der Waals surface area contributed by atoms with Gasteiger partial charge in [-0.25, -0.2) is 9.82 Å². The fourth-order valence-corrected chi connectivity index (χ4v) is 2.97. The summed E-state index contributed by atoms with van der Waals surface area (Å²) < 4.78 is 15.0.